The number of hydrogen-bond donors (Lipinski definition) is 1. The van der Waals surface area contributed by atoms with Gasteiger partial charge in [0.15, 0.2) is 0 Å². The number of carbonyl (C=O) groups excluding carboxylic acids is 1. The van der Waals surface area contributed by atoms with E-state index >= 15 is 0 Å². The van der Waals surface area contributed by atoms with Crippen LogP contribution in [0.1, 0.15) is 15.9 Å². The Bertz CT molecular complexity index is 1130. The maximum atomic E-state index is 12.3. The molecule has 3 aromatic carbocycles. The lowest BCUT2D eigenvalue weighted by Gasteiger charge is -2.25. The SMILES string of the molecule is Nc1ccc(N(Cc2ccc(OC(=O)c3ccccc3)c(Br)c2)n2cnnc2)cc1. The van der Waals surface area contributed by atoms with Crippen molar-refractivity contribution in [1.29, 1.82) is 0 Å². The summed E-state index contributed by atoms with van der Waals surface area (Å²) >= 11 is 3.51. The van der Waals surface area contributed by atoms with Crippen molar-refractivity contribution in [3.8, 4) is 5.75 Å². The third kappa shape index (κ3) is 4.49. The van der Waals surface area contributed by atoms with Crippen molar-refractivity contribution in [3.63, 3.8) is 0 Å². The van der Waals surface area contributed by atoms with Crippen molar-refractivity contribution < 1.29 is 9.53 Å². The predicted molar refractivity (Wildman–Crippen MR) is 118 cm³/mol. The molecule has 0 spiro atoms. The van der Waals surface area contributed by atoms with Gasteiger partial charge in [-0.25, -0.2) is 9.47 Å². The molecule has 7 nitrogen and oxygen atoms in total. The Balaban J connectivity index is 1.55. The second-order valence-corrected chi connectivity index (χ2v) is 7.37. The molecule has 0 bridgehead atoms. The standard InChI is InChI=1S/C22H18BrN5O2/c23-20-12-16(6-11-21(20)30-22(29)17-4-2-1-3-5-17)13-28(27-14-25-26-15-27)19-9-7-18(24)8-10-19/h1-12,14-15H,13,24H2. The van der Waals surface area contributed by atoms with E-state index in [1.54, 1.807) is 47.7 Å². The lowest BCUT2D eigenvalue weighted by molar-refractivity contribution is 0.0733. The zero-order valence-corrected chi connectivity index (χ0v) is 17.4. The number of nitrogens with zero attached hydrogens (tertiary/aromatic N) is 4. The molecule has 1 aromatic heterocycles. The summed E-state index contributed by atoms with van der Waals surface area (Å²) in [6.45, 7) is 0.535. The van der Waals surface area contributed by atoms with Crippen LogP contribution in [0.15, 0.2) is 89.9 Å². The number of benzene rings is 3. The summed E-state index contributed by atoms with van der Waals surface area (Å²) in [4.78, 5) is 12.3. The molecule has 0 radical (unpaired) electrons. The monoisotopic (exact) mass is 463 g/mol. The number of nitrogens with two attached hydrogens (primary N) is 1. The molecule has 0 saturated heterocycles. The highest BCUT2D eigenvalue weighted by molar-refractivity contribution is 9.10. The molecule has 0 aliphatic rings. The Labute approximate surface area is 181 Å². The first-order valence-corrected chi connectivity index (χ1v) is 9.93. The molecule has 30 heavy (non-hydrogen) atoms. The third-order valence-electron chi connectivity index (χ3n) is 4.42. The largest absolute Gasteiger partial charge is 0.422 e. The first-order chi connectivity index (χ1) is 14.6. The van der Waals surface area contributed by atoms with Crippen molar-refractivity contribution in [2.75, 3.05) is 10.7 Å². The summed E-state index contributed by atoms with van der Waals surface area (Å²) < 4.78 is 8.00. The van der Waals surface area contributed by atoms with Gasteiger partial charge in [-0.1, -0.05) is 24.3 Å². The number of nitrogen functional groups attached to an aromatic ring is 1. The van der Waals surface area contributed by atoms with Gasteiger partial charge in [-0.3, -0.25) is 5.01 Å². The second kappa shape index (κ2) is 8.79. The number of hydrogen-bond acceptors (Lipinski definition) is 6. The van der Waals surface area contributed by atoms with Gasteiger partial charge < -0.3 is 10.5 Å². The predicted octanol–water partition coefficient (Wildman–Crippen LogP) is 4.31. The lowest BCUT2D eigenvalue weighted by Crippen LogP contribution is -2.27. The number of anilines is 2. The molecule has 1 heterocycles. The Morgan fingerprint density at radius 3 is 2.37 bits per heavy atom. The Hall–Kier alpha value is -3.65. The van der Waals surface area contributed by atoms with Gasteiger partial charge in [0.25, 0.3) is 0 Å². The Kier molecular flexibility index (Phi) is 5.76. The van der Waals surface area contributed by atoms with Gasteiger partial charge in [-0.15, -0.1) is 10.2 Å². The van der Waals surface area contributed by atoms with E-state index < -0.39 is 5.97 Å². The van der Waals surface area contributed by atoms with Gasteiger partial charge in [-0.05, 0) is 70.0 Å². The van der Waals surface area contributed by atoms with Crippen LogP contribution in [0.25, 0.3) is 0 Å². The van der Waals surface area contributed by atoms with Crippen LogP contribution in [0.3, 0.4) is 0 Å². The van der Waals surface area contributed by atoms with Gasteiger partial charge in [-0.2, -0.15) is 0 Å². The minimum absolute atomic E-state index is 0.406. The minimum Gasteiger partial charge on any atom is -0.422 e. The van der Waals surface area contributed by atoms with Crippen molar-refractivity contribution >= 4 is 33.3 Å². The van der Waals surface area contributed by atoms with Crippen LogP contribution in [0.5, 0.6) is 5.75 Å². The third-order valence-corrected chi connectivity index (χ3v) is 5.04. The van der Waals surface area contributed by atoms with Crippen LogP contribution in [-0.4, -0.2) is 20.8 Å². The van der Waals surface area contributed by atoms with Crippen molar-refractivity contribution in [2.45, 2.75) is 6.54 Å². The zero-order valence-electron chi connectivity index (χ0n) is 15.9. The van der Waals surface area contributed by atoms with Gasteiger partial charge in [0, 0.05) is 5.69 Å². The molecule has 2 N–H and O–H groups in total. The molecule has 150 valence electrons. The average Bonchev–Trinajstić information content (AvgIpc) is 3.30. The molecule has 0 aliphatic carbocycles. The van der Waals surface area contributed by atoms with Crippen LogP contribution >= 0.6 is 15.9 Å². The number of halogens is 1. The summed E-state index contributed by atoms with van der Waals surface area (Å²) in [7, 11) is 0. The van der Waals surface area contributed by atoms with E-state index in [4.69, 9.17) is 10.5 Å². The van der Waals surface area contributed by atoms with Crippen LogP contribution in [-0.2, 0) is 6.54 Å². The highest BCUT2D eigenvalue weighted by Crippen LogP contribution is 2.28. The van der Waals surface area contributed by atoms with Crippen LogP contribution in [0.4, 0.5) is 11.4 Å². The van der Waals surface area contributed by atoms with Crippen LogP contribution in [0.2, 0.25) is 0 Å². The summed E-state index contributed by atoms with van der Waals surface area (Å²) in [5.41, 5.74) is 8.93. The van der Waals surface area contributed by atoms with E-state index in [1.807, 2.05) is 47.5 Å². The fourth-order valence-corrected chi connectivity index (χ4v) is 3.41. The molecule has 0 unspecified atom stereocenters. The second-order valence-electron chi connectivity index (χ2n) is 6.51. The van der Waals surface area contributed by atoms with Crippen LogP contribution in [0, 0.1) is 0 Å². The molecule has 4 aromatic rings. The smallest absolute Gasteiger partial charge is 0.343 e. The molecule has 0 amide bonds. The number of ether oxygens (including phenoxy) is 1. The summed E-state index contributed by atoms with van der Waals surface area (Å²) in [6, 6.07) is 22.0. The van der Waals surface area contributed by atoms with Crippen LogP contribution < -0.4 is 15.5 Å². The maximum absolute atomic E-state index is 12.3. The highest BCUT2D eigenvalue weighted by atomic mass is 79.9. The van der Waals surface area contributed by atoms with Crippen molar-refractivity contribution in [1.82, 2.24) is 14.9 Å². The molecule has 4 rings (SSSR count). The molecular weight excluding hydrogens is 446 g/mol. The van der Waals surface area contributed by atoms with E-state index in [2.05, 4.69) is 26.1 Å². The minimum atomic E-state index is -0.406. The van der Waals surface area contributed by atoms with E-state index in [0.717, 1.165) is 11.3 Å². The lowest BCUT2D eigenvalue weighted by atomic mass is 10.2. The number of esters is 1. The Morgan fingerprint density at radius 1 is 1.00 bits per heavy atom. The summed E-state index contributed by atoms with van der Waals surface area (Å²) in [6.07, 6.45) is 3.25. The molecule has 0 atom stereocenters. The fraction of sp³-hybridized carbons (Fsp3) is 0.0455. The first kappa shape index (κ1) is 19.7. The number of carbonyl (C=O) groups is 1. The van der Waals surface area contributed by atoms with Gasteiger partial charge in [0.05, 0.1) is 22.3 Å². The average molecular weight is 464 g/mol. The van der Waals surface area contributed by atoms with Gasteiger partial charge >= 0.3 is 5.97 Å². The summed E-state index contributed by atoms with van der Waals surface area (Å²) in [5.74, 6) is 0.0491. The molecule has 0 saturated carbocycles. The normalized spacial score (nSPS) is 10.6. The van der Waals surface area contributed by atoms with Gasteiger partial charge in [0.1, 0.15) is 18.4 Å². The quantitative estimate of drug-likeness (QED) is 0.260. The summed E-state index contributed by atoms with van der Waals surface area (Å²) in [5, 5.41) is 9.80. The topological polar surface area (TPSA) is 86.3 Å². The first-order valence-electron chi connectivity index (χ1n) is 9.14. The van der Waals surface area contributed by atoms with Crippen molar-refractivity contribution in [2.24, 2.45) is 0 Å². The maximum Gasteiger partial charge on any atom is 0.343 e. The zero-order chi connectivity index (χ0) is 20.9. The van der Waals surface area contributed by atoms with E-state index in [-0.39, 0.29) is 0 Å². The van der Waals surface area contributed by atoms with E-state index in [1.165, 1.54) is 0 Å². The van der Waals surface area contributed by atoms with E-state index in [0.29, 0.717) is 28.0 Å². The Morgan fingerprint density at radius 2 is 1.70 bits per heavy atom. The number of aromatic nitrogens is 3. The molecule has 8 heteroatoms. The fourth-order valence-electron chi connectivity index (χ4n) is 2.90. The highest BCUT2D eigenvalue weighted by Gasteiger charge is 2.14. The molecule has 0 fully saturated rings. The van der Waals surface area contributed by atoms with E-state index in [9.17, 15) is 4.79 Å². The van der Waals surface area contributed by atoms with Gasteiger partial charge in [0.2, 0.25) is 0 Å². The number of rotatable bonds is 6. The molecular formula is C22H18BrN5O2. The molecule has 0 aliphatic heterocycles. The van der Waals surface area contributed by atoms with Crippen molar-refractivity contribution in [3.05, 3.63) is 101 Å².